The second-order valence-electron chi connectivity index (χ2n) is 4.14. The van der Waals surface area contributed by atoms with Crippen molar-refractivity contribution in [1.29, 1.82) is 0 Å². The van der Waals surface area contributed by atoms with Gasteiger partial charge in [-0.3, -0.25) is 4.79 Å². The quantitative estimate of drug-likeness (QED) is 0.887. The Labute approximate surface area is 120 Å². The number of carboxylic acids is 1. The summed E-state index contributed by atoms with van der Waals surface area (Å²) in [6, 6.07) is 11.8. The number of hydrogen-bond donors (Lipinski definition) is 2. The summed E-state index contributed by atoms with van der Waals surface area (Å²) in [6.07, 6.45) is 0. The van der Waals surface area contributed by atoms with Gasteiger partial charge in [0.05, 0.1) is 5.56 Å². The number of anilines is 1. The van der Waals surface area contributed by atoms with E-state index in [-0.39, 0.29) is 5.56 Å². The largest absolute Gasteiger partial charge is 0.482 e. The van der Waals surface area contributed by atoms with E-state index in [0.717, 1.165) is 0 Å². The molecule has 0 unspecified atom stereocenters. The molecule has 2 N–H and O–H groups in total. The van der Waals surface area contributed by atoms with Gasteiger partial charge in [0.25, 0.3) is 5.91 Å². The number of aliphatic carboxylic acids is 1. The molecule has 0 aromatic heterocycles. The molecule has 0 aliphatic rings. The molecule has 1 amide bonds. The Bertz CT molecular complexity index is 655. The van der Waals surface area contributed by atoms with Crippen molar-refractivity contribution in [3.8, 4) is 5.75 Å². The lowest BCUT2D eigenvalue weighted by molar-refractivity contribution is -0.139. The van der Waals surface area contributed by atoms with E-state index in [0.29, 0.717) is 11.4 Å². The van der Waals surface area contributed by atoms with Crippen molar-refractivity contribution in [3.63, 3.8) is 0 Å². The molecule has 2 aromatic carbocycles. The third kappa shape index (κ3) is 4.04. The fourth-order valence-electron chi connectivity index (χ4n) is 1.62. The van der Waals surface area contributed by atoms with Gasteiger partial charge in [0, 0.05) is 5.69 Å². The first-order valence-electron chi connectivity index (χ1n) is 6.07. The highest BCUT2D eigenvalue weighted by molar-refractivity contribution is 6.04. The second kappa shape index (κ2) is 6.51. The van der Waals surface area contributed by atoms with Crippen LogP contribution in [-0.4, -0.2) is 23.6 Å². The van der Waals surface area contributed by atoms with E-state index in [4.69, 9.17) is 9.84 Å². The van der Waals surface area contributed by atoms with Crippen LogP contribution in [0.1, 0.15) is 10.4 Å². The second-order valence-corrected chi connectivity index (χ2v) is 4.14. The number of hydrogen-bond acceptors (Lipinski definition) is 3. The number of carbonyl (C=O) groups is 2. The van der Waals surface area contributed by atoms with Gasteiger partial charge in [-0.15, -0.1) is 0 Å². The number of halogens is 1. The number of nitrogens with one attached hydrogen (secondary N) is 1. The fourth-order valence-corrected chi connectivity index (χ4v) is 1.62. The van der Waals surface area contributed by atoms with Crippen LogP contribution in [0.25, 0.3) is 0 Å². The Hall–Kier alpha value is -2.89. The zero-order chi connectivity index (χ0) is 15.2. The summed E-state index contributed by atoms with van der Waals surface area (Å²) in [4.78, 5) is 22.2. The van der Waals surface area contributed by atoms with Gasteiger partial charge in [-0.2, -0.15) is 0 Å². The van der Waals surface area contributed by atoms with Crippen molar-refractivity contribution in [2.24, 2.45) is 0 Å². The number of benzene rings is 2. The van der Waals surface area contributed by atoms with E-state index in [1.54, 1.807) is 6.07 Å². The highest BCUT2D eigenvalue weighted by atomic mass is 19.1. The highest BCUT2D eigenvalue weighted by Gasteiger charge is 2.10. The van der Waals surface area contributed by atoms with Crippen LogP contribution in [-0.2, 0) is 4.79 Å². The Kier molecular flexibility index (Phi) is 4.50. The highest BCUT2D eigenvalue weighted by Crippen LogP contribution is 2.17. The molecule has 0 fully saturated rings. The summed E-state index contributed by atoms with van der Waals surface area (Å²) < 4.78 is 18.4. The van der Waals surface area contributed by atoms with Crippen LogP contribution in [0.3, 0.4) is 0 Å². The molecule has 2 aromatic rings. The molecule has 5 nitrogen and oxygen atoms in total. The first kappa shape index (κ1) is 14.5. The van der Waals surface area contributed by atoms with Gasteiger partial charge in [0.2, 0.25) is 0 Å². The zero-order valence-corrected chi connectivity index (χ0v) is 10.9. The van der Waals surface area contributed by atoms with E-state index in [1.165, 1.54) is 42.5 Å². The molecular weight excluding hydrogens is 277 g/mol. The van der Waals surface area contributed by atoms with E-state index >= 15 is 0 Å². The summed E-state index contributed by atoms with van der Waals surface area (Å²) in [6.45, 7) is -0.444. The minimum atomic E-state index is -1.08. The molecule has 0 saturated carbocycles. The first-order valence-corrected chi connectivity index (χ1v) is 6.07. The number of carboxylic acid groups (broad SMARTS) is 1. The molecule has 0 bridgehead atoms. The molecule has 21 heavy (non-hydrogen) atoms. The Morgan fingerprint density at radius 3 is 2.38 bits per heavy atom. The predicted octanol–water partition coefficient (Wildman–Crippen LogP) is 2.54. The lowest BCUT2D eigenvalue weighted by atomic mass is 10.2. The summed E-state index contributed by atoms with van der Waals surface area (Å²) in [5, 5.41) is 11.0. The maximum absolute atomic E-state index is 13.4. The van der Waals surface area contributed by atoms with Crippen molar-refractivity contribution in [2.45, 2.75) is 0 Å². The molecular formula is C15H12FNO4. The minimum Gasteiger partial charge on any atom is -0.482 e. The molecule has 0 saturated heterocycles. The molecule has 0 heterocycles. The van der Waals surface area contributed by atoms with Gasteiger partial charge in [-0.1, -0.05) is 12.1 Å². The number of carbonyl (C=O) groups excluding carboxylic acids is 1. The summed E-state index contributed by atoms with van der Waals surface area (Å²) in [5.41, 5.74) is 0.398. The average molecular weight is 289 g/mol. The standard InChI is InChI=1S/C15H12FNO4/c16-13-4-2-1-3-12(13)15(20)17-10-5-7-11(8-6-10)21-9-14(18)19/h1-8H,9H2,(H,17,20)(H,18,19). The fraction of sp³-hybridized carbons (Fsp3) is 0.0667. The predicted molar refractivity (Wildman–Crippen MR) is 73.9 cm³/mol. The summed E-state index contributed by atoms with van der Waals surface area (Å²) >= 11 is 0. The average Bonchev–Trinajstić information content (AvgIpc) is 2.47. The van der Waals surface area contributed by atoms with Gasteiger partial charge in [-0.05, 0) is 36.4 Å². The van der Waals surface area contributed by atoms with Crippen molar-refractivity contribution >= 4 is 17.6 Å². The van der Waals surface area contributed by atoms with Gasteiger partial charge in [-0.25, -0.2) is 9.18 Å². The molecule has 0 aliphatic carbocycles. The van der Waals surface area contributed by atoms with E-state index < -0.39 is 24.3 Å². The molecule has 108 valence electrons. The molecule has 2 rings (SSSR count). The van der Waals surface area contributed by atoms with Gasteiger partial charge >= 0.3 is 5.97 Å². The van der Waals surface area contributed by atoms with E-state index in [2.05, 4.69) is 5.32 Å². The topological polar surface area (TPSA) is 75.6 Å². The normalized spacial score (nSPS) is 9.95. The summed E-state index contributed by atoms with van der Waals surface area (Å²) in [7, 11) is 0. The maximum Gasteiger partial charge on any atom is 0.341 e. The van der Waals surface area contributed by atoms with Crippen molar-refractivity contribution in [3.05, 3.63) is 59.9 Å². The van der Waals surface area contributed by atoms with Crippen LogP contribution in [0, 0.1) is 5.82 Å². The molecule has 6 heteroatoms. The lowest BCUT2D eigenvalue weighted by Crippen LogP contribution is -2.13. The lowest BCUT2D eigenvalue weighted by Gasteiger charge is -2.07. The van der Waals surface area contributed by atoms with Crippen molar-refractivity contribution < 1.29 is 23.8 Å². The van der Waals surface area contributed by atoms with Crippen LogP contribution in [0.4, 0.5) is 10.1 Å². The van der Waals surface area contributed by atoms with Gasteiger partial charge in [0.1, 0.15) is 11.6 Å². The third-order valence-corrected chi connectivity index (χ3v) is 2.59. The molecule has 0 radical (unpaired) electrons. The van der Waals surface area contributed by atoms with Gasteiger partial charge < -0.3 is 15.2 Å². The van der Waals surface area contributed by atoms with E-state index in [1.807, 2.05) is 0 Å². The maximum atomic E-state index is 13.4. The monoisotopic (exact) mass is 289 g/mol. The van der Waals surface area contributed by atoms with Crippen LogP contribution < -0.4 is 10.1 Å². The number of ether oxygens (including phenoxy) is 1. The van der Waals surface area contributed by atoms with Crippen LogP contribution >= 0.6 is 0 Å². The van der Waals surface area contributed by atoms with E-state index in [9.17, 15) is 14.0 Å². The Morgan fingerprint density at radius 2 is 1.76 bits per heavy atom. The van der Waals surface area contributed by atoms with Gasteiger partial charge in [0.15, 0.2) is 6.61 Å². The zero-order valence-electron chi connectivity index (χ0n) is 10.9. The first-order chi connectivity index (χ1) is 10.1. The SMILES string of the molecule is O=C(O)COc1ccc(NC(=O)c2ccccc2F)cc1. The Balaban J connectivity index is 2.02. The Morgan fingerprint density at radius 1 is 1.10 bits per heavy atom. The van der Waals surface area contributed by atoms with Crippen LogP contribution in [0.15, 0.2) is 48.5 Å². The molecule has 0 atom stereocenters. The number of rotatable bonds is 5. The van der Waals surface area contributed by atoms with Crippen LogP contribution in [0.5, 0.6) is 5.75 Å². The third-order valence-electron chi connectivity index (χ3n) is 2.59. The van der Waals surface area contributed by atoms with Crippen molar-refractivity contribution in [1.82, 2.24) is 0 Å². The molecule has 0 spiro atoms. The summed E-state index contributed by atoms with van der Waals surface area (Å²) in [5.74, 6) is -1.88. The van der Waals surface area contributed by atoms with Crippen molar-refractivity contribution in [2.75, 3.05) is 11.9 Å². The smallest absolute Gasteiger partial charge is 0.341 e. The minimum absolute atomic E-state index is 0.0521. The number of amides is 1. The molecule has 0 aliphatic heterocycles. The van der Waals surface area contributed by atoms with Crippen LogP contribution in [0.2, 0.25) is 0 Å².